The van der Waals surface area contributed by atoms with Crippen LogP contribution >= 0.6 is 7.75 Å². The van der Waals surface area contributed by atoms with Gasteiger partial charge in [-0.15, -0.1) is 0 Å². The molecule has 0 amide bonds. The largest absolute Gasteiger partial charge is 0.480 e. The number of nitrogens with zero attached hydrogens (tertiary/aromatic N) is 1. The Morgan fingerprint density at radius 3 is 1.83 bits per heavy atom. The molecular formula is C5H12NO5P. The van der Waals surface area contributed by atoms with Crippen LogP contribution in [-0.4, -0.2) is 38.1 Å². The van der Waals surface area contributed by atoms with Crippen molar-refractivity contribution in [3.8, 4) is 0 Å². The molecule has 0 atom stereocenters. The molecule has 0 bridgehead atoms. The van der Waals surface area contributed by atoms with Gasteiger partial charge in [0.2, 0.25) is 0 Å². The number of hydrogen-bond donors (Lipinski definition) is 3. The van der Waals surface area contributed by atoms with Crippen molar-refractivity contribution in [2.45, 2.75) is 19.4 Å². The molecule has 0 aliphatic rings. The summed E-state index contributed by atoms with van der Waals surface area (Å²) < 4.78 is 11.2. The van der Waals surface area contributed by atoms with Crippen LogP contribution in [0, 0.1) is 0 Å². The molecule has 3 N–H and O–H groups in total. The van der Waals surface area contributed by atoms with Crippen molar-refractivity contribution in [2.24, 2.45) is 0 Å². The second kappa shape index (κ2) is 3.14. The molecule has 0 aromatic heterocycles. The zero-order valence-corrected chi connectivity index (χ0v) is 7.95. The van der Waals surface area contributed by atoms with Gasteiger partial charge in [-0.3, -0.25) is 4.79 Å². The summed E-state index contributed by atoms with van der Waals surface area (Å²) in [7, 11) is -3.42. The fourth-order valence-corrected chi connectivity index (χ4v) is 1.20. The van der Waals surface area contributed by atoms with Gasteiger partial charge in [-0.25, -0.2) is 4.57 Å². The van der Waals surface area contributed by atoms with Crippen LogP contribution in [0.1, 0.15) is 13.8 Å². The lowest BCUT2D eigenvalue weighted by Gasteiger charge is -2.31. The lowest BCUT2D eigenvalue weighted by molar-refractivity contribution is -0.146. The Hall–Kier alpha value is -0.420. The van der Waals surface area contributed by atoms with Gasteiger partial charge in [0.25, 0.3) is 0 Å². The van der Waals surface area contributed by atoms with E-state index in [1.165, 1.54) is 13.8 Å². The normalized spacial score (nSPS) is 13.5. The SMILES string of the molecule is CN(C(C)(C)C(=O)O)P(=O)(O)O. The number of likely N-dealkylation sites (N-methyl/N-ethyl adjacent to an activating group) is 1. The summed E-state index contributed by atoms with van der Waals surface area (Å²) in [5.74, 6) is -1.28. The fourth-order valence-electron chi connectivity index (χ4n) is 0.464. The number of carboxylic acid groups (broad SMARTS) is 1. The van der Waals surface area contributed by atoms with E-state index in [2.05, 4.69) is 0 Å². The molecule has 0 aliphatic heterocycles. The number of hydrogen-bond acceptors (Lipinski definition) is 2. The van der Waals surface area contributed by atoms with Crippen molar-refractivity contribution in [1.29, 1.82) is 0 Å². The molecule has 12 heavy (non-hydrogen) atoms. The molecule has 6 nitrogen and oxygen atoms in total. The van der Waals surface area contributed by atoms with Gasteiger partial charge in [-0.05, 0) is 20.9 Å². The van der Waals surface area contributed by atoms with Crippen LogP contribution in [0.5, 0.6) is 0 Å². The topological polar surface area (TPSA) is 98.1 Å². The molecule has 0 unspecified atom stereocenters. The quantitative estimate of drug-likeness (QED) is 0.545. The Morgan fingerprint density at radius 2 is 1.75 bits per heavy atom. The first kappa shape index (κ1) is 11.6. The molecule has 0 aromatic rings. The van der Waals surface area contributed by atoms with Crippen LogP contribution in [0.25, 0.3) is 0 Å². The highest BCUT2D eigenvalue weighted by Gasteiger charge is 2.40. The van der Waals surface area contributed by atoms with E-state index in [0.29, 0.717) is 4.67 Å². The molecular weight excluding hydrogens is 185 g/mol. The Kier molecular flexibility index (Phi) is 3.03. The Bertz CT molecular complexity index is 232. The molecule has 7 heteroatoms. The van der Waals surface area contributed by atoms with E-state index < -0.39 is 19.3 Å². The summed E-state index contributed by atoms with van der Waals surface area (Å²) in [6.45, 7) is 2.43. The standard InChI is InChI=1S/C5H12NO5P/c1-5(2,4(7)8)6(3)12(9,10)11/h1-3H3,(H,7,8)(H2,9,10,11). The number of rotatable bonds is 3. The van der Waals surface area contributed by atoms with Crippen molar-refractivity contribution in [2.75, 3.05) is 7.05 Å². The monoisotopic (exact) mass is 197 g/mol. The first-order valence-electron chi connectivity index (χ1n) is 3.13. The second-order valence-electron chi connectivity index (χ2n) is 2.90. The van der Waals surface area contributed by atoms with Gasteiger partial charge in [0, 0.05) is 0 Å². The van der Waals surface area contributed by atoms with E-state index in [4.69, 9.17) is 14.9 Å². The Labute approximate surface area is 70.0 Å². The average molecular weight is 197 g/mol. The molecule has 0 aliphatic carbocycles. The summed E-state index contributed by atoms with van der Waals surface area (Å²) >= 11 is 0. The molecule has 0 rings (SSSR count). The highest BCUT2D eigenvalue weighted by molar-refractivity contribution is 7.49. The van der Waals surface area contributed by atoms with E-state index in [1.54, 1.807) is 0 Å². The summed E-state index contributed by atoms with van der Waals surface area (Å²) in [6, 6.07) is 0. The third-order valence-corrected chi connectivity index (χ3v) is 3.00. The van der Waals surface area contributed by atoms with Crippen LogP contribution in [0.3, 0.4) is 0 Å². The Balaban J connectivity index is 4.82. The molecule has 0 aromatic carbocycles. The first-order valence-corrected chi connectivity index (χ1v) is 4.70. The molecule has 0 heterocycles. The maximum absolute atomic E-state index is 10.6. The van der Waals surface area contributed by atoms with Gasteiger partial charge in [0.1, 0.15) is 5.54 Å². The molecule has 0 fully saturated rings. The Morgan fingerprint density at radius 1 is 1.42 bits per heavy atom. The van der Waals surface area contributed by atoms with Gasteiger partial charge in [0.15, 0.2) is 0 Å². The third kappa shape index (κ3) is 2.28. The molecule has 0 radical (unpaired) electrons. The van der Waals surface area contributed by atoms with E-state index >= 15 is 0 Å². The van der Waals surface area contributed by atoms with Crippen molar-refractivity contribution >= 4 is 13.7 Å². The number of carbonyl (C=O) groups is 1. The minimum atomic E-state index is -4.48. The number of aliphatic carboxylic acids is 1. The van der Waals surface area contributed by atoms with Crippen LogP contribution in [0.4, 0.5) is 0 Å². The van der Waals surface area contributed by atoms with Gasteiger partial charge < -0.3 is 14.9 Å². The van der Waals surface area contributed by atoms with Crippen molar-refractivity contribution in [3.63, 3.8) is 0 Å². The minimum absolute atomic E-state index is 0.516. The van der Waals surface area contributed by atoms with E-state index in [1.807, 2.05) is 0 Å². The maximum Gasteiger partial charge on any atom is 0.403 e. The van der Waals surface area contributed by atoms with Gasteiger partial charge in [-0.1, -0.05) is 0 Å². The third-order valence-electron chi connectivity index (χ3n) is 1.72. The second-order valence-corrected chi connectivity index (χ2v) is 4.53. The summed E-state index contributed by atoms with van der Waals surface area (Å²) in [4.78, 5) is 27.8. The summed E-state index contributed by atoms with van der Waals surface area (Å²) in [5.41, 5.74) is -1.57. The van der Waals surface area contributed by atoms with Gasteiger partial charge in [0.05, 0.1) is 0 Å². The van der Waals surface area contributed by atoms with Crippen LogP contribution < -0.4 is 0 Å². The summed E-state index contributed by atoms with van der Waals surface area (Å²) in [5, 5.41) is 8.59. The van der Waals surface area contributed by atoms with E-state index in [9.17, 15) is 9.36 Å². The zero-order chi connectivity index (χ0) is 10.2. The number of carboxylic acids is 1. The molecule has 72 valence electrons. The lowest BCUT2D eigenvalue weighted by atomic mass is 10.1. The molecule has 0 saturated heterocycles. The van der Waals surface area contributed by atoms with Gasteiger partial charge >= 0.3 is 13.7 Å². The average Bonchev–Trinajstić information content (AvgIpc) is 1.83. The smallest absolute Gasteiger partial charge is 0.403 e. The fraction of sp³-hybridized carbons (Fsp3) is 0.800. The summed E-state index contributed by atoms with van der Waals surface area (Å²) in [6.07, 6.45) is 0. The molecule has 0 spiro atoms. The highest BCUT2D eigenvalue weighted by Crippen LogP contribution is 2.43. The maximum atomic E-state index is 10.6. The van der Waals surface area contributed by atoms with E-state index in [-0.39, 0.29) is 0 Å². The van der Waals surface area contributed by atoms with Crippen molar-refractivity contribution in [3.05, 3.63) is 0 Å². The predicted molar refractivity (Wildman–Crippen MR) is 41.5 cm³/mol. The van der Waals surface area contributed by atoms with Gasteiger partial charge in [-0.2, -0.15) is 4.67 Å². The lowest BCUT2D eigenvalue weighted by Crippen LogP contribution is -2.45. The first-order chi connectivity index (χ1) is 5.10. The molecule has 0 saturated carbocycles. The zero-order valence-electron chi connectivity index (χ0n) is 7.05. The van der Waals surface area contributed by atoms with Crippen molar-refractivity contribution in [1.82, 2.24) is 4.67 Å². The van der Waals surface area contributed by atoms with Crippen LogP contribution in [-0.2, 0) is 9.36 Å². The van der Waals surface area contributed by atoms with E-state index in [0.717, 1.165) is 7.05 Å². The van der Waals surface area contributed by atoms with Crippen LogP contribution in [0.2, 0.25) is 0 Å². The van der Waals surface area contributed by atoms with Crippen LogP contribution in [0.15, 0.2) is 0 Å². The highest BCUT2D eigenvalue weighted by atomic mass is 31.2. The minimum Gasteiger partial charge on any atom is -0.480 e. The predicted octanol–water partition coefficient (Wildman–Crippen LogP) is -0.126. The van der Waals surface area contributed by atoms with Crippen molar-refractivity contribution < 1.29 is 24.3 Å².